The van der Waals surface area contributed by atoms with Crippen LogP contribution in [0, 0.1) is 0 Å². The third kappa shape index (κ3) is 2.66. The molecule has 0 aromatic carbocycles. The van der Waals surface area contributed by atoms with E-state index in [9.17, 15) is 4.79 Å². The molecule has 2 aromatic rings. The van der Waals surface area contributed by atoms with Crippen LogP contribution in [0.15, 0.2) is 30.7 Å². The highest BCUT2D eigenvalue weighted by Crippen LogP contribution is 2.24. The van der Waals surface area contributed by atoms with Gasteiger partial charge >= 0.3 is 0 Å². The lowest BCUT2D eigenvalue weighted by Crippen LogP contribution is -2.53. The number of hydrogen-bond acceptors (Lipinski definition) is 3. The number of carbonyl (C=O) groups is 1. The van der Waals surface area contributed by atoms with Crippen molar-refractivity contribution in [2.45, 2.75) is 32.5 Å². The lowest BCUT2D eigenvalue weighted by Gasteiger charge is -2.41. The second kappa shape index (κ2) is 5.28. The van der Waals surface area contributed by atoms with Crippen molar-refractivity contribution >= 4 is 5.91 Å². The van der Waals surface area contributed by atoms with E-state index in [0.717, 1.165) is 5.82 Å². The van der Waals surface area contributed by atoms with Gasteiger partial charge in [-0.2, -0.15) is 5.10 Å². The molecule has 0 bridgehead atoms. The van der Waals surface area contributed by atoms with E-state index < -0.39 is 0 Å². The number of amides is 1. The van der Waals surface area contributed by atoms with E-state index in [-0.39, 0.29) is 17.6 Å². The molecule has 1 aliphatic heterocycles. The minimum atomic E-state index is -0.330. The third-order valence-corrected chi connectivity index (χ3v) is 3.84. The molecule has 1 amide bonds. The van der Waals surface area contributed by atoms with Crippen molar-refractivity contribution in [3.8, 4) is 5.82 Å². The lowest BCUT2D eigenvalue weighted by atomic mass is 10.0. The highest BCUT2D eigenvalue weighted by Gasteiger charge is 2.35. The second-order valence-electron chi connectivity index (χ2n) is 6.47. The molecule has 1 atom stereocenters. The minimum absolute atomic E-state index is 0.0000231. The summed E-state index contributed by atoms with van der Waals surface area (Å²) in [6, 6.07) is 3.86. The van der Waals surface area contributed by atoms with Gasteiger partial charge < -0.3 is 14.2 Å². The van der Waals surface area contributed by atoms with E-state index in [0.29, 0.717) is 18.7 Å². The zero-order valence-electron chi connectivity index (χ0n) is 13.5. The van der Waals surface area contributed by atoms with Gasteiger partial charge in [0.15, 0.2) is 0 Å². The van der Waals surface area contributed by atoms with Crippen molar-refractivity contribution in [3.05, 3.63) is 36.3 Å². The monoisotopic (exact) mass is 302 g/mol. The molecule has 1 saturated heterocycles. The van der Waals surface area contributed by atoms with E-state index in [4.69, 9.17) is 4.74 Å². The lowest BCUT2D eigenvalue weighted by molar-refractivity contribution is -0.118. The highest BCUT2D eigenvalue weighted by molar-refractivity contribution is 5.97. The molecule has 2 aromatic heterocycles. The predicted molar refractivity (Wildman–Crippen MR) is 83.1 cm³/mol. The zero-order valence-corrected chi connectivity index (χ0v) is 13.5. The highest BCUT2D eigenvalue weighted by atomic mass is 16.5. The van der Waals surface area contributed by atoms with Crippen LogP contribution in [0.5, 0.6) is 0 Å². The summed E-state index contributed by atoms with van der Waals surface area (Å²) in [5, 5.41) is 4.26. The molecule has 0 spiro atoms. The second-order valence-corrected chi connectivity index (χ2v) is 6.47. The number of hydrogen-bond donors (Lipinski definition) is 0. The molecule has 0 aliphatic carbocycles. The van der Waals surface area contributed by atoms with Gasteiger partial charge in [0.25, 0.3) is 5.91 Å². The van der Waals surface area contributed by atoms with Crippen molar-refractivity contribution in [1.29, 1.82) is 0 Å². The number of carbonyl (C=O) groups excluding carboxylic acids is 1. The Kier molecular flexibility index (Phi) is 3.56. The van der Waals surface area contributed by atoms with Crippen molar-refractivity contribution in [1.82, 2.24) is 19.2 Å². The Balaban J connectivity index is 1.93. The maximum absolute atomic E-state index is 13.0. The molecular formula is C16H22N4O2. The fourth-order valence-corrected chi connectivity index (χ4v) is 3.14. The van der Waals surface area contributed by atoms with Gasteiger partial charge in [0.1, 0.15) is 11.4 Å². The molecule has 3 rings (SSSR count). The molecule has 1 aliphatic rings. The quantitative estimate of drug-likeness (QED) is 0.851. The van der Waals surface area contributed by atoms with Gasteiger partial charge in [-0.05, 0) is 32.9 Å². The topological polar surface area (TPSA) is 52.3 Å². The Morgan fingerprint density at radius 3 is 2.68 bits per heavy atom. The summed E-state index contributed by atoms with van der Waals surface area (Å²) in [4.78, 5) is 14.8. The molecule has 1 unspecified atom stereocenters. The van der Waals surface area contributed by atoms with Gasteiger partial charge in [-0.3, -0.25) is 9.48 Å². The Hall–Kier alpha value is -2.08. The van der Waals surface area contributed by atoms with Crippen LogP contribution in [0.25, 0.3) is 5.82 Å². The number of aryl methyl sites for hydroxylation is 1. The van der Waals surface area contributed by atoms with Gasteiger partial charge in [0.2, 0.25) is 0 Å². The number of nitrogens with zero attached hydrogens (tertiary/aromatic N) is 4. The van der Waals surface area contributed by atoms with E-state index in [1.165, 1.54) is 0 Å². The molecule has 22 heavy (non-hydrogen) atoms. The fraction of sp³-hybridized carbons (Fsp3) is 0.500. The van der Waals surface area contributed by atoms with Gasteiger partial charge in [-0.25, -0.2) is 0 Å². The Morgan fingerprint density at radius 1 is 1.36 bits per heavy atom. The molecule has 118 valence electrons. The number of rotatable bonds is 2. The molecular weight excluding hydrogens is 280 g/mol. The fourth-order valence-electron chi connectivity index (χ4n) is 3.14. The van der Waals surface area contributed by atoms with Crippen LogP contribution in [-0.2, 0) is 11.8 Å². The number of aromatic nitrogens is 3. The zero-order chi connectivity index (χ0) is 15.9. The molecule has 0 N–H and O–H groups in total. The van der Waals surface area contributed by atoms with Crippen LogP contribution in [0.3, 0.4) is 0 Å². The first-order chi connectivity index (χ1) is 10.4. The molecule has 6 nitrogen and oxygen atoms in total. The average Bonchev–Trinajstić information content (AvgIpc) is 3.04. The summed E-state index contributed by atoms with van der Waals surface area (Å²) in [5.41, 5.74) is 0.284. The van der Waals surface area contributed by atoms with Gasteiger partial charge in [0.05, 0.1) is 17.9 Å². The summed E-state index contributed by atoms with van der Waals surface area (Å²) in [6.45, 7) is 7.20. The summed E-state index contributed by atoms with van der Waals surface area (Å²) in [7, 11) is 1.85. The molecule has 6 heteroatoms. The molecule has 0 saturated carbocycles. The average molecular weight is 302 g/mol. The maximum Gasteiger partial charge on any atom is 0.259 e. The van der Waals surface area contributed by atoms with Crippen LogP contribution in [0.1, 0.15) is 31.1 Å². The van der Waals surface area contributed by atoms with E-state index in [1.54, 1.807) is 10.9 Å². The van der Waals surface area contributed by atoms with Crippen molar-refractivity contribution in [2.75, 3.05) is 13.1 Å². The van der Waals surface area contributed by atoms with Crippen LogP contribution >= 0.6 is 0 Å². The summed E-state index contributed by atoms with van der Waals surface area (Å²) >= 11 is 0. The smallest absolute Gasteiger partial charge is 0.259 e. The molecule has 1 fully saturated rings. The van der Waals surface area contributed by atoms with Crippen LogP contribution < -0.4 is 0 Å². The summed E-state index contributed by atoms with van der Waals surface area (Å²) in [5.74, 6) is 0.784. The van der Waals surface area contributed by atoms with E-state index in [2.05, 4.69) is 5.10 Å². The van der Waals surface area contributed by atoms with Gasteiger partial charge in [-0.15, -0.1) is 0 Å². The van der Waals surface area contributed by atoms with Crippen LogP contribution in [-0.4, -0.2) is 49.9 Å². The predicted octanol–water partition coefficient (Wildman–Crippen LogP) is 1.85. The summed E-state index contributed by atoms with van der Waals surface area (Å²) in [6.07, 6.45) is 5.50. The first-order valence-electron chi connectivity index (χ1n) is 7.50. The number of morpholine rings is 1. The Labute approximate surface area is 130 Å². The molecule has 0 radical (unpaired) electrons. The van der Waals surface area contributed by atoms with Crippen molar-refractivity contribution < 1.29 is 9.53 Å². The van der Waals surface area contributed by atoms with Crippen LogP contribution in [0.2, 0.25) is 0 Å². The van der Waals surface area contributed by atoms with Crippen LogP contribution in [0.4, 0.5) is 0 Å². The van der Waals surface area contributed by atoms with Gasteiger partial charge in [-0.1, -0.05) is 0 Å². The number of ether oxygens (including phenoxy) is 1. The normalized spacial score (nSPS) is 21.1. The van der Waals surface area contributed by atoms with E-state index >= 15 is 0 Å². The van der Waals surface area contributed by atoms with Crippen molar-refractivity contribution in [3.63, 3.8) is 0 Å². The Bertz CT molecular complexity index is 672. The minimum Gasteiger partial charge on any atom is -0.369 e. The summed E-state index contributed by atoms with van der Waals surface area (Å²) < 4.78 is 9.51. The first kappa shape index (κ1) is 14.8. The standard InChI is InChI=1S/C16H22N4O2/c1-12-10-20(11-16(2,3)22-12)15(21)13-9-17-18(4)14(13)19-7-5-6-8-19/h5-9,12H,10-11H2,1-4H3. The van der Waals surface area contributed by atoms with Gasteiger partial charge in [0, 0.05) is 32.5 Å². The third-order valence-electron chi connectivity index (χ3n) is 3.84. The SMILES string of the molecule is CC1CN(C(=O)c2cnn(C)c2-n2cccc2)CC(C)(C)O1. The maximum atomic E-state index is 13.0. The van der Waals surface area contributed by atoms with Crippen molar-refractivity contribution in [2.24, 2.45) is 7.05 Å². The first-order valence-corrected chi connectivity index (χ1v) is 7.50. The Morgan fingerprint density at radius 2 is 2.05 bits per heavy atom. The molecule has 3 heterocycles. The largest absolute Gasteiger partial charge is 0.369 e. The van der Waals surface area contributed by atoms with E-state index in [1.807, 2.05) is 61.8 Å².